The van der Waals surface area contributed by atoms with Crippen molar-refractivity contribution in [3.8, 4) is 0 Å². The van der Waals surface area contributed by atoms with Crippen LogP contribution in [0.1, 0.15) is 28.1 Å². The monoisotopic (exact) mass is 338 g/mol. The fraction of sp³-hybridized carbons (Fsp3) is 0.267. The lowest BCUT2D eigenvalue weighted by Gasteiger charge is -2.05. The van der Waals surface area contributed by atoms with Crippen LogP contribution in [-0.2, 0) is 16.1 Å². The number of aromatic nitrogens is 1. The van der Waals surface area contributed by atoms with E-state index in [-0.39, 0.29) is 24.9 Å². The molecule has 0 atom stereocenters. The van der Waals surface area contributed by atoms with Gasteiger partial charge in [-0.05, 0) is 23.9 Å². The molecule has 0 saturated heterocycles. The second-order valence-electron chi connectivity index (χ2n) is 4.49. The Morgan fingerprint density at radius 2 is 2.18 bits per heavy atom. The maximum Gasteiger partial charge on any atom is 0.306 e. The van der Waals surface area contributed by atoms with E-state index < -0.39 is 0 Å². The van der Waals surface area contributed by atoms with Gasteiger partial charge in [0.15, 0.2) is 0 Å². The molecule has 1 N–H and O–H groups in total. The minimum Gasteiger partial charge on any atom is -0.461 e. The van der Waals surface area contributed by atoms with Gasteiger partial charge in [0.25, 0.3) is 5.91 Å². The Morgan fingerprint density at radius 3 is 2.86 bits per heavy atom. The molecule has 116 valence electrons. The van der Waals surface area contributed by atoms with Gasteiger partial charge < -0.3 is 10.1 Å². The topological polar surface area (TPSA) is 68.3 Å². The van der Waals surface area contributed by atoms with Crippen molar-refractivity contribution in [3.63, 3.8) is 0 Å². The van der Waals surface area contributed by atoms with Crippen molar-refractivity contribution < 1.29 is 14.3 Å². The number of rotatable bonds is 7. The summed E-state index contributed by atoms with van der Waals surface area (Å²) in [5.41, 5.74) is 0.781. The van der Waals surface area contributed by atoms with E-state index in [2.05, 4.69) is 10.3 Å². The minimum absolute atomic E-state index is 0.115. The Kier molecular flexibility index (Phi) is 6.36. The van der Waals surface area contributed by atoms with Gasteiger partial charge in [-0.15, -0.1) is 11.3 Å². The molecule has 0 aliphatic heterocycles. The van der Waals surface area contributed by atoms with Gasteiger partial charge in [-0.3, -0.25) is 9.59 Å². The molecule has 0 aliphatic rings. The number of amides is 1. The highest BCUT2D eigenvalue weighted by atomic mass is 35.5. The molecule has 2 heterocycles. The molecular weight excluding hydrogens is 324 g/mol. The Labute approximate surface area is 137 Å². The Morgan fingerprint density at radius 1 is 1.32 bits per heavy atom. The molecule has 0 saturated carbocycles. The van der Waals surface area contributed by atoms with Gasteiger partial charge in [-0.2, -0.15) is 0 Å². The molecule has 2 rings (SSSR count). The Hall–Kier alpha value is -1.92. The highest BCUT2D eigenvalue weighted by Crippen LogP contribution is 2.08. The third-order valence-corrected chi connectivity index (χ3v) is 3.87. The van der Waals surface area contributed by atoms with Crippen LogP contribution in [0.2, 0.25) is 5.15 Å². The van der Waals surface area contributed by atoms with Crippen molar-refractivity contribution in [2.24, 2.45) is 0 Å². The molecule has 2 aromatic rings. The van der Waals surface area contributed by atoms with E-state index in [0.29, 0.717) is 23.0 Å². The summed E-state index contributed by atoms with van der Waals surface area (Å²) in [4.78, 5) is 27.8. The Balaban J connectivity index is 1.59. The van der Waals surface area contributed by atoms with Crippen LogP contribution in [0, 0.1) is 0 Å². The average molecular weight is 339 g/mol. The molecule has 7 heteroatoms. The number of esters is 1. The van der Waals surface area contributed by atoms with Crippen LogP contribution in [0.25, 0.3) is 0 Å². The normalized spacial score (nSPS) is 10.2. The van der Waals surface area contributed by atoms with Crippen molar-refractivity contribution in [3.05, 3.63) is 51.4 Å². The summed E-state index contributed by atoms with van der Waals surface area (Å²) < 4.78 is 5.11. The summed E-state index contributed by atoms with van der Waals surface area (Å²) in [5.74, 6) is -0.420. The first-order chi connectivity index (χ1) is 10.6. The molecule has 0 aliphatic carbocycles. The smallest absolute Gasteiger partial charge is 0.306 e. The zero-order valence-electron chi connectivity index (χ0n) is 11.8. The van der Waals surface area contributed by atoms with E-state index in [9.17, 15) is 9.59 Å². The molecular formula is C15H15ClN2O3S. The van der Waals surface area contributed by atoms with Crippen molar-refractivity contribution in [1.82, 2.24) is 10.3 Å². The average Bonchev–Trinajstić information content (AvgIpc) is 3.05. The van der Waals surface area contributed by atoms with Crippen LogP contribution < -0.4 is 5.32 Å². The lowest BCUT2D eigenvalue weighted by atomic mass is 10.3. The third-order valence-electron chi connectivity index (χ3n) is 2.78. The lowest BCUT2D eigenvalue weighted by Crippen LogP contribution is -2.24. The predicted molar refractivity (Wildman–Crippen MR) is 84.9 cm³/mol. The molecule has 5 nitrogen and oxygen atoms in total. The summed E-state index contributed by atoms with van der Waals surface area (Å²) in [6.07, 6.45) is 2.36. The number of nitrogens with zero attached hydrogens (tertiary/aromatic N) is 1. The van der Waals surface area contributed by atoms with E-state index in [4.69, 9.17) is 16.3 Å². The van der Waals surface area contributed by atoms with E-state index >= 15 is 0 Å². The summed E-state index contributed by atoms with van der Waals surface area (Å²) in [6.45, 7) is 0.610. The van der Waals surface area contributed by atoms with Gasteiger partial charge in [0.05, 0.1) is 4.88 Å². The van der Waals surface area contributed by atoms with E-state index in [0.717, 1.165) is 5.56 Å². The van der Waals surface area contributed by atoms with Crippen molar-refractivity contribution in [2.45, 2.75) is 19.4 Å². The van der Waals surface area contributed by atoms with E-state index in [1.807, 2.05) is 11.4 Å². The van der Waals surface area contributed by atoms with Crippen LogP contribution >= 0.6 is 22.9 Å². The summed E-state index contributed by atoms with van der Waals surface area (Å²) in [7, 11) is 0. The number of carbonyl (C=O) groups is 2. The number of carbonyl (C=O) groups excluding carboxylic acids is 2. The van der Waals surface area contributed by atoms with Gasteiger partial charge in [0.1, 0.15) is 11.8 Å². The molecule has 0 radical (unpaired) electrons. The van der Waals surface area contributed by atoms with Crippen molar-refractivity contribution in [1.29, 1.82) is 0 Å². The number of pyridine rings is 1. The quantitative estimate of drug-likeness (QED) is 0.478. The number of hydrogen-bond donors (Lipinski definition) is 1. The zero-order valence-corrected chi connectivity index (χ0v) is 13.3. The van der Waals surface area contributed by atoms with Gasteiger partial charge in [-0.1, -0.05) is 23.7 Å². The molecule has 0 unspecified atom stereocenters. The highest BCUT2D eigenvalue weighted by Gasteiger charge is 2.07. The molecule has 0 fully saturated rings. The van der Waals surface area contributed by atoms with Crippen LogP contribution in [0.4, 0.5) is 0 Å². The maximum absolute atomic E-state index is 11.7. The fourth-order valence-corrected chi connectivity index (χ4v) is 2.41. The lowest BCUT2D eigenvalue weighted by molar-refractivity contribution is -0.145. The number of ether oxygens (including phenoxy) is 1. The SMILES string of the molecule is O=C(CCCNC(=O)c1cccs1)OCc1ccc(Cl)nc1. The summed E-state index contributed by atoms with van der Waals surface area (Å²) in [5, 5.41) is 5.00. The number of halogens is 1. The maximum atomic E-state index is 11.7. The molecule has 0 spiro atoms. The summed E-state index contributed by atoms with van der Waals surface area (Å²) in [6, 6.07) is 6.98. The highest BCUT2D eigenvalue weighted by molar-refractivity contribution is 7.12. The first kappa shape index (κ1) is 16.5. The fourth-order valence-electron chi connectivity index (χ4n) is 1.66. The first-order valence-electron chi connectivity index (χ1n) is 6.73. The van der Waals surface area contributed by atoms with Crippen LogP contribution in [-0.4, -0.2) is 23.4 Å². The van der Waals surface area contributed by atoms with Gasteiger partial charge in [0, 0.05) is 24.7 Å². The Bertz CT molecular complexity index is 614. The standard InChI is InChI=1S/C15H15ClN2O3S/c16-13-6-5-11(9-18-13)10-21-14(19)4-1-7-17-15(20)12-3-2-8-22-12/h2-3,5-6,8-9H,1,4,7,10H2,(H,17,20). The summed E-state index contributed by atoms with van der Waals surface area (Å²) >= 11 is 7.05. The van der Waals surface area contributed by atoms with Crippen LogP contribution in [0.15, 0.2) is 35.8 Å². The molecule has 0 aromatic carbocycles. The third kappa shape index (κ3) is 5.46. The number of hydrogen-bond acceptors (Lipinski definition) is 5. The van der Waals surface area contributed by atoms with E-state index in [1.165, 1.54) is 11.3 Å². The van der Waals surface area contributed by atoms with Crippen LogP contribution in [0.5, 0.6) is 0 Å². The molecule has 22 heavy (non-hydrogen) atoms. The van der Waals surface area contributed by atoms with Gasteiger partial charge in [-0.25, -0.2) is 4.98 Å². The second kappa shape index (κ2) is 8.51. The van der Waals surface area contributed by atoms with Gasteiger partial charge in [0.2, 0.25) is 0 Å². The number of thiophene rings is 1. The first-order valence-corrected chi connectivity index (χ1v) is 7.98. The molecule has 1 amide bonds. The molecule has 0 bridgehead atoms. The number of nitrogens with one attached hydrogen (secondary N) is 1. The zero-order chi connectivity index (χ0) is 15.8. The van der Waals surface area contributed by atoms with Crippen molar-refractivity contribution >= 4 is 34.8 Å². The van der Waals surface area contributed by atoms with Gasteiger partial charge >= 0.3 is 5.97 Å². The largest absolute Gasteiger partial charge is 0.461 e. The second-order valence-corrected chi connectivity index (χ2v) is 5.82. The molecule has 2 aromatic heterocycles. The van der Waals surface area contributed by atoms with Crippen molar-refractivity contribution in [2.75, 3.05) is 6.54 Å². The van der Waals surface area contributed by atoms with Crippen LogP contribution in [0.3, 0.4) is 0 Å². The van der Waals surface area contributed by atoms with E-state index in [1.54, 1.807) is 24.4 Å². The predicted octanol–water partition coefficient (Wildman–Crippen LogP) is 3.05. The minimum atomic E-state index is -0.305.